The Labute approximate surface area is 103 Å². The lowest BCUT2D eigenvalue weighted by Crippen LogP contribution is -2.20. The minimum Gasteiger partial charge on any atom is -0.495 e. The predicted molar refractivity (Wildman–Crippen MR) is 64.0 cm³/mol. The molecule has 0 heterocycles. The quantitative estimate of drug-likeness (QED) is 0.928. The summed E-state index contributed by atoms with van der Waals surface area (Å²) < 4.78 is 6.05. The van der Waals surface area contributed by atoms with Gasteiger partial charge in [0.2, 0.25) is 0 Å². The SMILES string of the molecule is COc1c(C)ccc(C2(C(=O)O)CC2)c1Br. The molecule has 1 fully saturated rings. The summed E-state index contributed by atoms with van der Waals surface area (Å²) in [6, 6.07) is 3.78. The van der Waals surface area contributed by atoms with Crippen molar-refractivity contribution in [3.05, 3.63) is 27.7 Å². The number of aryl methyl sites for hydroxylation is 1. The first-order valence-corrected chi connectivity index (χ1v) is 5.89. The first kappa shape index (κ1) is 11.5. The van der Waals surface area contributed by atoms with E-state index in [1.807, 2.05) is 19.1 Å². The van der Waals surface area contributed by atoms with Crippen LogP contribution in [0.1, 0.15) is 24.0 Å². The topological polar surface area (TPSA) is 46.5 Å². The van der Waals surface area contributed by atoms with Gasteiger partial charge in [-0.3, -0.25) is 4.79 Å². The van der Waals surface area contributed by atoms with E-state index < -0.39 is 11.4 Å². The summed E-state index contributed by atoms with van der Waals surface area (Å²) in [5, 5.41) is 9.25. The highest BCUT2D eigenvalue weighted by atomic mass is 79.9. The van der Waals surface area contributed by atoms with Gasteiger partial charge in [0, 0.05) is 0 Å². The van der Waals surface area contributed by atoms with E-state index in [0.29, 0.717) is 12.8 Å². The van der Waals surface area contributed by atoms with Gasteiger partial charge >= 0.3 is 5.97 Å². The normalized spacial score (nSPS) is 16.9. The maximum absolute atomic E-state index is 11.3. The number of rotatable bonds is 3. The minimum atomic E-state index is -0.751. The van der Waals surface area contributed by atoms with E-state index in [4.69, 9.17) is 4.74 Å². The van der Waals surface area contributed by atoms with Crippen LogP contribution >= 0.6 is 15.9 Å². The summed E-state index contributed by atoms with van der Waals surface area (Å²) in [6.45, 7) is 1.94. The lowest BCUT2D eigenvalue weighted by molar-refractivity contribution is -0.140. The first-order valence-electron chi connectivity index (χ1n) is 5.10. The summed E-state index contributed by atoms with van der Waals surface area (Å²) in [7, 11) is 1.59. The molecule has 1 aliphatic rings. The van der Waals surface area contributed by atoms with Crippen LogP contribution in [-0.4, -0.2) is 18.2 Å². The van der Waals surface area contributed by atoms with Crippen LogP contribution in [-0.2, 0) is 10.2 Å². The molecule has 1 N–H and O–H groups in total. The molecule has 86 valence electrons. The van der Waals surface area contributed by atoms with Crippen molar-refractivity contribution in [3.63, 3.8) is 0 Å². The number of hydrogen-bond donors (Lipinski definition) is 1. The summed E-state index contributed by atoms with van der Waals surface area (Å²) in [6.07, 6.45) is 1.40. The molecule has 3 nitrogen and oxygen atoms in total. The monoisotopic (exact) mass is 284 g/mol. The summed E-state index contributed by atoms with van der Waals surface area (Å²) in [5.41, 5.74) is 1.13. The summed E-state index contributed by atoms with van der Waals surface area (Å²) >= 11 is 3.45. The Morgan fingerprint density at radius 2 is 2.12 bits per heavy atom. The fourth-order valence-corrected chi connectivity index (χ4v) is 2.98. The van der Waals surface area contributed by atoms with Gasteiger partial charge in [0.05, 0.1) is 17.0 Å². The van der Waals surface area contributed by atoms with E-state index in [-0.39, 0.29) is 0 Å². The van der Waals surface area contributed by atoms with Crippen LogP contribution < -0.4 is 4.74 Å². The number of carboxylic acids is 1. The van der Waals surface area contributed by atoms with Gasteiger partial charge in [-0.25, -0.2) is 0 Å². The molecule has 1 aromatic carbocycles. The average Bonchev–Trinajstić information content (AvgIpc) is 2.99. The van der Waals surface area contributed by atoms with Crippen LogP contribution in [0, 0.1) is 6.92 Å². The number of ether oxygens (including phenoxy) is 1. The van der Waals surface area contributed by atoms with Gasteiger partial charge in [-0.15, -0.1) is 0 Å². The highest BCUT2D eigenvalue weighted by Gasteiger charge is 2.53. The third-order valence-electron chi connectivity index (χ3n) is 3.17. The van der Waals surface area contributed by atoms with Crippen molar-refractivity contribution in [2.24, 2.45) is 0 Å². The number of methoxy groups -OCH3 is 1. The van der Waals surface area contributed by atoms with E-state index in [1.165, 1.54) is 0 Å². The summed E-state index contributed by atoms with van der Waals surface area (Å²) in [4.78, 5) is 11.3. The molecule has 1 aliphatic carbocycles. The van der Waals surface area contributed by atoms with Crippen LogP contribution in [0.2, 0.25) is 0 Å². The van der Waals surface area contributed by atoms with Crippen molar-refractivity contribution in [2.45, 2.75) is 25.2 Å². The van der Waals surface area contributed by atoms with E-state index in [2.05, 4.69) is 15.9 Å². The highest BCUT2D eigenvalue weighted by molar-refractivity contribution is 9.10. The Bertz CT molecular complexity index is 450. The Morgan fingerprint density at radius 1 is 1.50 bits per heavy atom. The summed E-state index contributed by atoms with van der Waals surface area (Å²) in [5.74, 6) is -0.0240. The molecule has 0 radical (unpaired) electrons. The molecule has 0 amide bonds. The molecular weight excluding hydrogens is 272 g/mol. The van der Waals surface area contributed by atoms with Crippen molar-refractivity contribution in [2.75, 3.05) is 7.11 Å². The number of hydrogen-bond acceptors (Lipinski definition) is 2. The third kappa shape index (κ3) is 1.52. The van der Waals surface area contributed by atoms with Gasteiger partial charge in [0.25, 0.3) is 0 Å². The standard InChI is InChI=1S/C12H13BrO3/c1-7-3-4-8(9(13)10(7)16-2)12(5-6-12)11(14)15/h3-4H,5-6H2,1-2H3,(H,14,15). The zero-order chi connectivity index (χ0) is 11.9. The molecule has 0 saturated heterocycles. The van der Waals surface area contributed by atoms with Crippen molar-refractivity contribution in [1.29, 1.82) is 0 Å². The van der Waals surface area contributed by atoms with Crippen molar-refractivity contribution >= 4 is 21.9 Å². The van der Waals surface area contributed by atoms with Gasteiger partial charge in [-0.05, 0) is 46.8 Å². The second-order valence-corrected chi connectivity index (χ2v) is 4.96. The Hall–Kier alpha value is -1.03. The predicted octanol–water partition coefficient (Wildman–Crippen LogP) is 2.88. The molecule has 0 aromatic heterocycles. The van der Waals surface area contributed by atoms with Crippen LogP contribution in [0.25, 0.3) is 0 Å². The second kappa shape index (κ2) is 3.77. The molecule has 0 unspecified atom stereocenters. The maximum atomic E-state index is 11.3. The zero-order valence-electron chi connectivity index (χ0n) is 9.21. The van der Waals surface area contributed by atoms with Gasteiger partial charge in [-0.2, -0.15) is 0 Å². The molecule has 0 bridgehead atoms. The van der Waals surface area contributed by atoms with Crippen LogP contribution in [0.3, 0.4) is 0 Å². The van der Waals surface area contributed by atoms with Crippen LogP contribution in [0.15, 0.2) is 16.6 Å². The van der Waals surface area contributed by atoms with E-state index in [0.717, 1.165) is 21.3 Å². The lowest BCUT2D eigenvalue weighted by Gasteiger charge is -2.16. The average molecular weight is 285 g/mol. The molecule has 0 aliphatic heterocycles. The largest absolute Gasteiger partial charge is 0.495 e. The van der Waals surface area contributed by atoms with Gasteiger partial charge in [0.1, 0.15) is 5.75 Å². The lowest BCUT2D eigenvalue weighted by atomic mass is 9.95. The van der Waals surface area contributed by atoms with Gasteiger partial charge in [-0.1, -0.05) is 12.1 Å². The van der Waals surface area contributed by atoms with Crippen molar-refractivity contribution in [3.8, 4) is 5.75 Å². The highest BCUT2D eigenvalue weighted by Crippen LogP contribution is 2.52. The number of halogens is 1. The number of carbonyl (C=O) groups is 1. The molecule has 0 atom stereocenters. The Morgan fingerprint density at radius 3 is 2.56 bits per heavy atom. The van der Waals surface area contributed by atoms with E-state index in [9.17, 15) is 9.90 Å². The molecule has 16 heavy (non-hydrogen) atoms. The second-order valence-electron chi connectivity index (χ2n) is 4.16. The Balaban J connectivity index is 2.55. The molecule has 1 saturated carbocycles. The molecule has 0 spiro atoms. The number of carboxylic acid groups (broad SMARTS) is 1. The van der Waals surface area contributed by atoms with E-state index >= 15 is 0 Å². The molecule has 4 heteroatoms. The fourth-order valence-electron chi connectivity index (χ4n) is 2.00. The smallest absolute Gasteiger partial charge is 0.314 e. The fraction of sp³-hybridized carbons (Fsp3) is 0.417. The van der Waals surface area contributed by atoms with Crippen molar-refractivity contribution < 1.29 is 14.6 Å². The van der Waals surface area contributed by atoms with Gasteiger partial charge < -0.3 is 9.84 Å². The first-order chi connectivity index (χ1) is 7.53. The van der Waals surface area contributed by atoms with Crippen LogP contribution in [0.4, 0.5) is 0 Å². The minimum absolute atomic E-state index is 0.695. The number of aliphatic carboxylic acids is 1. The van der Waals surface area contributed by atoms with Crippen LogP contribution in [0.5, 0.6) is 5.75 Å². The Kier molecular flexibility index (Phi) is 2.70. The molecular formula is C12H13BrO3. The number of benzene rings is 1. The molecule has 1 aromatic rings. The zero-order valence-corrected chi connectivity index (χ0v) is 10.8. The van der Waals surface area contributed by atoms with Crippen molar-refractivity contribution in [1.82, 2.24) is 0 Å². The van der Waals surface area contributed by atoms with E-state index in [1.54, 1.807) is 7.11 Å². The van der Waals surface area contributed by atoms with Gasteiger partial charge in [0.15, 0.2) is 0 Å². The maximum Gasteiger partial charge on any atom is 0.314 e. The third-order valence-corrected chi connectivity index (χ3v) is 3.96. The molecule has 2 rings (SSSR count).